The number of hydrogen-bond donors (Lipinski definition) is 1. The van der Waals surface area contributed by atoms with Crippen molar-refractivity contribution in [2.75, 3.05) is 26.2 Å². The number of rotatable bonds is 3. The number of imidazole rings is 1. The van der Waals surface area contributed by atoms with Crippen LogP contribution in [0.2, 0.25) is 0 Å². The zero-order valence-corrected chi connectivity index (χ0v) is 14.4. The molecular formula is C19H24N4O2. The van der Waals surface area contributed by atoms with Crippen LogP contribution >= 0.6 is 0 Å². The van der Waals surface area contributed by atoms with Crippen molar-refractivity contribution >= 4 is 5.91 Å². The van der Waals surface area contributed by atoms with E-state index >= 15 is 0 Å². The number of benzene rings is 1. The zero-order valence-electron chi connectivity index (χ0n) is 14.4. The number of nitrogens with zero attached hydrogens (tertiary/aromatic N) is 3. The van der Waals surface area contributed by atoms with Gasteiger partial charge in [0.2, 0.25) is 5.91 Å². The largest absolute Gasteiger partial charge is 0.373 e. The lowest BCUT2D eigenvalue weighted by Crippen LogP contribution is -2.46. The quantitative estimate of drug-likeness (QED) is 0.925. The molecule has 1 aromatic heterocycles. The van der Waals surface area contributed by atoms with E-state index in [4.69, 9.17) is 4.74 Å². The molecule has 2 aromatic rings. The van der Waals surface area contributed by atoms with Crippen LogP contribution in [0, 0.1) is 0 Å². The predicted octanol–water partition coefficient (Wildman–Crippen LogP) is 1.74. The molecule has 25 heavy (non-hydrogen) atoms. The second kappa shape index (κ2) is 6.98. The maximum Gasteiger partial charge on any atom is 0.222 e. The molecule has 1 aromatic carbocycles. The first-order valence-corrected chi connectivity index (χ1v) is 8.93. The molecule has 6 heteroatoms. The van der Waals surface area contributed by atoms with Crippen LogP contribution in [-0.4, -0.2) is 52.2 Å². The standard InChI is InChI=1S/C19H24N4O2/c24-18-13-19(25-12-8-21-18)5-9-22(10-6-19)14-16-1-3-17(4-2-16)23-11-7-20-15-23/h1-4,7,11,15H,5-6,8-10,12-14H2,(H,21,24). The minimum atomic E-state index is -0.248. The predicted molar refractivity (Wildman–Crippen MR) is 94.4 cm³/mol. The molecule has 2 saturated heterocycles. The zero-order chi connectivity index (χ0) is 17.1. The van der Waals surface area contributed by atoms with Crippen LogP contribution in [0.5, 0.6) is 0 Å². The van der Waals surface area contributed by atoms with Crippen LogP contribution in [0.1, 0.15) is 24.8 Å². The van der Waals surface area contributed by atoms with Crippen molar-refractivity contribution in [3.63, 3.8) is 0 Å². The number of hydrogen-bond acceptors (Lipinski definition) is 4. The Morgan fingerprint density at radius 1 is 1.20 bits per heavy atom. The third-order valence-electron chi connectivity index (χ3n) is 5.23. The Labute approximate surface area is 147 Å². The average Bonchev–Trinajstić information content (AvgIpc) is 3.10. The second-order valence-corrected chi connectivity index (χ2v) is 6.97. The summed E-state index contributed by atoms with van der Waals surface area (Å²) < 4.78 is 8.04. The molecule has 0 unspecified atom stereocenters. The number of amides is 1. The van der Waals surface area contributed by atoms with Gasteiger partial charge in [-0.25, -0.2) is 4.98 Å². The molecule has 1 amide bonds. The Morgan fingerprint density at radius 3 is 2.72 bits per heavy atom. The molecule has 1 N–H and O–H groups in total. The fraction of sp³-hybridized carbons (Fsp3) is 0.474. The van der Waals surface area contributed by atoms with E-state index in [0.29, 0.717) is 19.6 Å². The summed E-state index contributed by atoms with van der Waals surface area (Å²) in [5.41, 5.74) is 2.18. The van der Waals surface area contributed by atoms with Crippen LogP contribution in [0.4, 0.5) is 0 Å². The number of piperidine rings is 1. The monoisotopic (exact) mass is 340 g/mol. The first-order chi connectivity index (χ1) is 12.2. The van der Waals surface area contributed by atoms with E-state index in [9.17, 15) is 4.79 Å². The van der Waals surface area contributed by atoms with Crippen molar-refractivity contribution in [3.05, 3.63) is 48.5 Å². The summed E-state index contributed by atoms with van der Waals surface area (Å²) >= 11 is 0. The molecule has 0 bridgehead atoms. The SMILES string of the molecule is O=C1CC2(CCN(Cc3ccc(-n4ccnc4)cc3)CC2)OCCN1. The minimum Gasteiger partial charge on any atom is -0.373 e. The molecule has 0 radical (unpaired) electrons. The summed E-state index contributed by atoms with van der Waals surface area (Å²) in [5, 5.41) is 2.90. The Morgan fingerprint density at radius 2 is 2.00 bits per heavy atom. The molecule has 2 aliphatic heterocycles. The molecule has 0 atom stereocenters. The van der Waals surface area contributed by atoms with Crippen LogP contribution in [-0.2, 0) is 16.1 Å². The van der Waals surface area contributed by atoms with Crippen LogP contribution in [0.25, 0.3) is 5.69 Å². The highest BCUT2D eigenvalue weighted by Crippen LogP contribution is 2.31. The summed E-state index contributed by atoms with van der Waals surface area (Å²) in [5.74, 6) is 0.126. The van der Waals surface area contributed by atoms with Gasteiger partial charge in [0.25, 0.3) is 0 Å². The lowest BCUT2D eigenvalue weighted by molar-refractivity contribution is -0.128. The normalized spacial score (nSPS) is 21.0. The van der Waals surface area contributed by atoms with Crippen molar-refractivity contribution in [1.82, 2.24) is 19.8 Å². The molecule has 3 heterocycles. The van der Waals surface area contributed by atoms with Gasteiger partial charge in [0.15, 0.2) is 0 Å². The Kier molecular flexibility index (Phi) is 4.55. The van der Waals surface area contributed by atoms with Crippen LogP contribution < -0.4 is 5.32 Å². The van der Waals surface area contributed by atoms with Gasteiger partial charge in [0.05, 0.1) is 25.0 Å². The van der Waals surface area contributed by atoms with Crippen LogP contribution in [0.15, 0.2) is 43.0 Å². The van der Waals surface area contributed by atoms with Crippen molar-refractivity contribution < 1.29 is 9.53 Å². The van der Waals surface area contributed by atoms with Gasteiger partial charge in [-0.1, -0.05) is 12.1 Å². The van der Waals surface area contributed by atoms with Gasteiger partial charge in [-0.15, -0.1) is 0 Å². The molecular weight excluding hydrogens is 316 g/mol. The lowest BCUT2D eigenvalue weighted by Gasteiger charge is -2.40. The summed E-state index contributed by atoms with van der Waals surface area (Å²) in [6.45, 7) is 4.13. The summed E-state index contributed by atoms with van der Waals surface area (Å²) in [7, 11) is 0. The number of ether oxygens (including phenoxy) is 1. The molecule has 0 saturated carbocycles. The first kappa shape index (κ1) is 16.3. The number of carbonyl (C=O) groups is 1. The minimum absolute atomic E-state index is 0.126. The number of nitrogens with one attached hydrogen (secondary N) is 1. The molecule has 1 spiro atoms. The number of likely N-dealkylation sites (tertiary alicyclic amines) is 1. The third kappa shape index (κ3) is 3.75. The highest BCUT2D eigenvalue weighted by molar-refractivity contribution is 5.77. The number of carbonyl (C=O) groups excluding carboxylic acids is 1. The highest BCUT2D eigenvalue weighted by atomic mass is 16.5. The summed E-state index contributed by atoms with van der Waals surface area (Å²) in [6, 6.07) is 8.60. The van der Waals surface area contributed by atoms with E-state index in [0.717, 1.165) is 38.2 Å². The average molecular weight is 340 g/mol. The van der Waals surface area contributed by atoms with E-state index in [2.05, 4.69) is 39.5 Å². The van der Waals surface area contributed by atoms with Crippen molar-refractivity contribution in [3.8, 4) is 5.69 Å². The van der Waals surface area contributed by atoms with Gasteiger partial charge < -0.3 is 14.6 Å². The highest BCUT2D eigenvalue weighted by Gasteiger charge is 2.38. The molecule has 132 valence electrons. The number of aromatic nitrogens is 2. The molecule has 2 fully saturated rings. The maximum atomic E-state index is 11.8. The fourth-order valence-electron chi connectivity index (χ4n) is 3.75. The Balaban J connectivity index is 1.34. The van der Waals surface area contributed by atoms with Gasteiger partial charge in [-0.05, 0) is 30.5 Å². The molecule has 6 nitrogen and oxygen atoms in total. The van der Waals surface area contributed by atoms with Crippen molar-refractivity contribution in [2.45, 2.75) is 31.4 Å². The maximum absolute atomic E-state index is 11.8. The Hall–Kier alpha value is -2.18. The van der Waals surface area contributed by atoms with Gasteiger partial charge in [0, 0.05) is 44.3 Å². The van der Waals surface area contributed by atoms with E-state index in [1.807, 2.05) is 17.1 Å². The van der Waals surface area contributed by atoms with Gasteiger partial charge in [0.1, 0.15) is 0 Å². The topological polar surface area (TPSA) is 59.4 Å². The van der Waals surface area contributed by atoms with Gasteiger partial charge in [-0.3, -0.25) is 9.69 Å². The lowest BCUT2D eigenvalue weighted by atomic mass is 9.87. The molecule has 0 aliphatic carbocycles. The van der Waals surface area contributed by atoms with Crippen molar-refractivity contribution in [1.29, 1.82) is 0 Å². The fourth-order valence-corrected chi connectivity index (χ4v) is 3.75. The second-order valence-electron chi connectivity index (χ2n) is 6.97. The van der Waals surface area contributed by atoms with Gasteiger partial charge >= 0.3 is 0 Å². The first-order valence-electron chi connectivity index (χ1n) is 8.93. The summed E-state index contributed by atoms with van der Waals surface area (Å²) in [4.78, 5) is 18.4. The summed E-state index contributed by atoms with van der Waals surface area (Å²) in [6.07, 6.45) is 7.89. The van der Waals surface area contributed by atoms with Crippen molar-refractivity contribution in [2.24, 2.45) is 0 Å². The Bertz CT molecular complexity index is 704. The van der Waals surface area contributed by atoms with E-state index in [1.165, 1.54) is 5.56 Å². The van der Waals surface area contributed by atoms with Gasteiger partial charge in [-0.2, -0.15) is 0 Å². The smallest absolute Gasteiger partial charge is 0.222 e. The van der Waals surface area contributed by atoms with E-state index in [1.54, 1.807) is 6.20 Å². The molecule has 4 rings (SSSR count). The molecule has 2 aliphatic rings. The van der Waals surface area contributed by atoms with Crippen LogP contribution in [0.3, 0.4) is 0 Å². The van der Waals surface area contributed by atoms with E-state index < -0.39 is 0 Å². The third-order valence-corrected chi connectivity index (χ3v) is 5.23. The van der Waals surface area contributed by atoms with E-state index in [-0.39, 0.29) is 11.5 Å².